The Morgan fingerprint density at radius 1 is 1.26 bits per heavy atom. The number of aromatic nitrogens is 1. The minimum Gasteiger partial charge on any atom is -0.406 e. The highest BCUT2D eigenvalue weighted by molar-refractivity contribution is 6.01. The summed E-state index contributed by atoms with van der Waals surface area (Å²) in [7, 11) is 0. The van der Waals surface area contributed by atoms with E-state index in [4.69, 9.17) is 5.73 Å². The first-order chi connectivity index (χ1) is 12.6. The number of amides is 2. The van der Waals surface area contributed by atoms with Gasteiger partial charge in [0.1, 0.15) is 11.4 Å². The molecule has 3 N–H and O–H groups in total. The second-order valence-electron chi connectivity index (χ2n) is 5.94. The van der Waals surface area contributed by atoms with E-state index in [0.717, 1.165) is 12.1 Å². The number of nitrogens with two attached hydrogens (primary N) is 1. The summed E-state index contributed by atoms with van der Waals surface area (Å²) in [6, 6.07) is 6.36. The maximum Gasteiger partial charge on any atom is 0.573 e. The van der Waals surface area contributed by atoms with Crippen LogP contribution < -0.4 is 16.0 Å². The Bertz CT molecular complexity index is 969. The molecule has 7 nitrogen and oxygen atoms in total. The lowest BCUT2D eigenvalue weighted by Gasteiger charge is -2.29. The molecule has 0 saturated heterocycles. The molecule has 0 unspecified atom stereocenters. The van der Waals surface area contributed by atoms with E-state index in [-0.39, 0.29) is 30.8 Å². The highest BCUT2D eigenvalue weighted by atomic mass is 19.4. The van der Waals surface area contributed by atoms with Crippen LogP contribution >= 0.6 is 0 Å². The Morgan fingerprint density at radius 2 is 2.00 bits per heavy atom. The Kier molecular flexibility index (Phi) is 4.64. The average molecular weight is 381 g/mol. The summed E-state index contributed by atoms with van der Waals surface area (Å²) < 4.78 is 40.9. The third-order valence-electron chi connectivity index (χ3n) is 4.05. The van der Waals surface area contributed by atoms with Gasteiger partial charge in [0.2, 0.25) is 5.56 Å². The van der Waals surface area contributed by atoms with Crippen molar-refractivity contribution in [3.63, 3.8) is 0 Å². The molecular formula is C17H14F3N3O4. The first kappa shape index (κ1) is 18.5. The fourth-order valence-corrected chi connectivity index (χ4v) is 2.98. The first-order valence-electron chi connectivity index (χ1n) is 7.84. The molecule has 142 valence electrons. The Labute approximate surface area is 150 Å². The number of carbonyl (C=O) groups is 2. The molecule has 0 radical (unpaired) electrons. The Morgan fingerprint density at radius 3 is 2.67 bits per heavy atom. The number of aromatic amines is 1. The van der Waals surface area contributed by atoms with Crippen molar-refractivity contribution in [1.29, 1.82) is 0 Å². The normalized spacial score (nSPS) is 14.0. The second kappa shape index (κ2) is 6.78. The quantitative estimate of drug-likeness (QED) is 0.839. The number of alkyl halides is 3. The standard InChI is InChI=1S/C17H14F3N3O4/c18-17(19,20)27-10-3-1-2-9(6-10)8-23-5-4-11-12(16(23)26)7-13(24)22-14(11)15(21)25/h1-3,6-7H,4-5,8H2,(H2,21,25)(H,22,24). The van der Waals surface area contributed by atoms with Crippen LogP contribution in [0, 0.1) is 0 Å². The van der Waals surface area contributed by atoms with Gasteiger partial charge in [-0.05, 0) is 29.7 Å². The average Bonchev–Trinajstić information content (AvgIpc) is 2.56. The fraction of sp³-hybridized carbons (Fsp3) is 0.235. The van der Waals surface area contributed by atoms with Crippen LogP contribution in [0.1, 0.15) is 32.0 Å². The van der Waals surface area contributed by atoms with Gasteiger partial charge in [0, 0.05) is 19.2 Å². The summed E-state index contributed by atoms with van der Waals surface area (Å²) in [5.41, 5.74) is 5.33. The number of rotatable bonds is 4. The minimum absolute atomic E-state index is 0.0199. The SMILES string of the molecule is NC(=O)c1[nH]c(=O)cc2c1CCN(Cc1cccc(OC(F)(F)F)c1)C2=O. The van der Waals surface area contributed by atoms with Crippen LogP contribution in [0.2, 0.25) is 0 Å². The van der Waals surface area contributed by atoms with Crippen molar-refractivity contribution in [2.45, 2.75) is 19.3 Å². The van der Waals surface area contributed by atoms with Gasteiger partial charge in [0.15, 0.2) is 0 Å². The fourth-order valence-electron chi connectivity index (χ4n) is 2.98. The van der Waals surface area contributed by atoms with Crippen LogP contribution in [0.25, 0.3) is 0 Å². The van der Waals surface area contributed by atoms with E-state index in [1.54, 1.807) is 6.07 Å². The Hall–Kier alpha value is -3.30. The number of nitrogens with one attached hydrogen (secondary N) is 1. The molecule has 1 aromatic carbocycles. The zero-order valence-electron chi connectivity index (χ0n) is 13.8. The summed E-state index contributed by atoms with van der Waals surface area (Å²) in [6.45, 7) is 0.231. The van der Waals surface area contributed by atoms with Crippen molar-refractivity contribution in [3.8, 4) is 5.75 Å². The first-order valence-corrected chi connectivity index (χ1v) is 7.84. The number of hydrogen-bond acceptors (Lipinski definition) is 4. The molecule has 0 fully saturated rings. The van der Waals surface area contributed by atoms with Crippen molar-refractivity contribution < 1.29 is 27.5 Å². The smallest absolute Gasteiger partial charge is 0.406 e. The van der Waals surface area contributed by atoms with E-state index in [1.165, 1.54) is 17.0 Å². The molecule has 2 aromatic rings. The molecule has 0 aliphatic carbocycles. The third kappa shape index (κ3) is 4.10. The van der Waals surface area contributed by atoms with E-state index in [9.17, 15) is 27.6 Å². The lowest BCUT2D eigenvalue weighted by atomic mass is 9.97. The van der Waals surface area contributed by atoms with E-state index in [1.807, 2.05) is 0 Å². The van der Waals surface area contributed by atoms with Crippen molar-refractivity contribution in [2.75, 3.05) is 6.54 Å². The molecule has 0 spiro atoms. The number of fused-ring (bicyclic) bond motifs is 1. The third-order valence-corrected chi connectivity index (χ3v) is 4.05. The highest BCUT2D eigenvalue weighted by Gasteiger charge is 2.32. The zero-order chi connectivity index (χ0) is 19.8. The minimum atomic E-state index is -4.81. The van der Waals surface area contributed by atoms with Gasteiger partial charge in [0.05, 0.1) is 5.56 Å². The van der Waals surface area contributed by atoms with Crippen LogP contribution in [0.5, 0.6) is 5.75 Å². The number of pyridine rings is 1. The van der Waals surface area contributed by atoms with E-state index < -0.39 is 29.5 Å². The van der Waals surface area contributed by atoms with Gasteiger partial charge in [-0.2, -0.15) is 0 Å². The van der Waals surface area contributed by atoms with Gasteiger partial charge in [-0.15, -0.1) is 13.2 Å². The topological polar surface area (TPSA) is 105 Å². The maximum atomic E-state index is 12.7. The van der Waals surface area contributed by atoms with Crippen molar-refractivity contribution >= 4 is 11.8 Å². The van der Waals surface area contributed by atoms with Gasteiger partial charge in [0.25, 0.3) is 11.8 Å². The molecule has 27 heavy (non-hydrogen) atoms. The lowest BCUT2D eigenvalue weighted by molar-refractivity contribution is -0.274. The number of H-pyrrole nitrogens is 1. The molecule has 1 aliphatic heterocycles. The summed E-state index contributed by atoms with van der Waals surface area (Å²) in [4.78, 5) is 39.5. The molecule has 1 aliphatic rings. The van der Waals surface area contributed by atoms with E-state index >= 15 is 0 Å². The summed E-state index contributed by atoms with van der Waals surface area (Å²) in [5, 5.41) is 0. The van der Waals surface area contributed by atoms with Crippen LogP contribution in [0.4, 0.5) is 13.2 Å². The maximum absolute atomic E-state index is 12.7. The predicted molar refractivity (Wildman–Crippen MR) is 87.2 cm³/mol. The van der Waals surface area contributed by atoms with Gasteiger partial charge in [-0.3, -0.25) is 14.4 Å². The Balaban J connectivity index is 1.85. The number of hydrogen-bond donors (Lipinski definition) is 2. The summed E-state index contributed by atoms with van der Waals surface area (Å²) in [6.07, 6.45) is -4.54. The van der Waals surface area contributed by atoms with Crippen molar-refractivity contribution in [3.05, 3.63) is 63.1 Å². The monoisotopic (exact) mass is 381 g/mol. The molecule has 0 bridgehead atoms. The number of nitrogens with zero attached hydrogens (tertiary/aromatic N) is 1. The number of benzene rings is 1. The number of primary amides is 1. The van der Waals surface area contributed by atoms with Crippen molar-refractivity contribution in [2.24, 2.45) is 5.73 Å². The van der Waals surface area contributed by atoms with Crippen LogP contribution in [0.15, 0.2) is 35.1 Å². The largest absolute Gasteiger partial charge is 0.573 e. The molecule has 3 rings (SSSR count). The molecule has 1 aromatic heterocycles. The van der Waals surface area contributed by atoms with Gasteiger partial charge in [-0.1, -0.05) is 12.1 Å². The number of halogens is 3. The lowest BCUT2D eigenvalue weighted by Crippen LogP contribution is -2.39. The van der Waals surface area contributed by atoms with E-state index in [0.29, 0.717) is 11.1 Å². The van der Waals surface area contributed by atoms with E-state index in [2.05, 4.69) is 9.72 Å². The highest BCUT2D eigenvalue weighted by Crippen LogP contribution is 2.25. The van der Waals surface area contributed by atoms with Gasteiger partial charge in [-0.25, -0.2) is 0 Å². The van der Waals surface area contributed by atoms with Gasteiger partial charge >= 0.3 is 6.36 Å². The summed E-state index contributed by atoms with van der Waals surface area (Å²) >= 11 is 0. The van der Waals surface area contributed by atoms with Crippen LogP contribution in [0.3, 0.4) is 0 Å². The van der Waals surface area contributed by atoms with Crippen LogP contribution in [-0.4, -0.2) is 34.6 Å². The second-order valence-corrected chi connectivity index (χ2v) is 5.94. The molecule has 10 heteroatoms. The zero-order valence-corrected chi connectivity index (χ0v) is 13.8. The number of carbonyl (C=O) groups excluding carboxylic acids is 2. The molecule has 0 saturated carbocycles. The van der Waals surface area contributed by atoms with Crippen molar-refractivity contribution in [1.82, 2.24) is 9.88 Å². The summed E-state index contributed by atoms with van der Waals surface area (Å²) in [5.74, 6) is -1.74. The molecule has 2 amide bonds. The molecule has 2 heterocycles. The predicted octanol–water partition coefficient (Wildman–Crippen LogP) is 1.57. The molecule has 0 atom stereocenters. The molecular weight excluding hydrogens is 367 g/mol. The number of ether oxygens (including phenoxy) is 1. The van der Waals surface area contributed by atoms with Crippen LogP contribution in [-0.2, 0) is 13.0 Å². The van der Waals surface area contributed by atoms with Gasteiger partial charge < -0.3 is 20.4 Å².